The summed E-state index contributed by atoms with van der Waals surface area (Å²) in [6.45, 7) is 3.72. The Hall–Kier alpha value is -1.95. The topological polar surface area (TPSA) is 92.5 Å². The molecule has 2 N–H and O–H groups in total. The van der Waals surface area contributed by atoms with Gasteiger partial charge < -0.3 is 10.4 Å². The summed E-state index contributed by atoms with van der Waals surface area (Å²) < 4.78 is 0. The second-order valence-corrected chi connectivity index (χ2v) is 4.41. The highest BCUT2D eigenvalue weighted by atomic mass is 16.6. The first-order chi connectivity index (χ1) is 8.95. The van der Waals surface area contributed by atoms with E-state index in [1.165, 1.54) is 18.2 Å². The van der Waals surface area contributed by atoms with Crippen molar-refractivity contribution in [1.82, 2.24) is 5.32 Å². The minimum Gasteiger partial charge on any atom is -0.391 e. The lowest BCUT2D eigenvalue weighted by Gasteiger charge is -2.11. The van der Waals surface area contributed by atoms with Crippen LogP contribution in [0.2, 0.25) is 0 Å². The maximum Gasteiger partial charge on any atom is 0.272 e. The molecule has 1 unspecified atom stereocenters. The van der Waals surface area contributed by atoms with Gasteiger partial charge >= 0.3 is 0 Å². The third-order valence-corrected chi connectivity index (χ3v) is 2.78. The van der Waals surface area contributed by atoms with Gasteiger partial charge in [0.1, 0.15) is 0 Å². The van der Waals surface area contributed by atoms with Crippen LogP contribution in [-0.2, 0) is 0 Å². The molecule has 0 aliphatic heterocycles. The van der Waals surface area contributed by atoms with Gasteiger partial charge in [-0.25, -0.2) is 0 Å². The average Bonchev–Trinajstić information content (AvgIpc) is 2.35. The molecule has 0 aliphatic rings. The molecule has 1 aromatic carbocycles. The predicted octanol–water partition coefficient (Wildman–Crippen LogP) is 1.79. The molecule has 1 aromatic rings. The summed E-state index contributed by atoms with van der Waals surface area (Å²) in [7, 11) is 0. The molecular formula is C13H18N2O4. The number of carbonyl (C=O) groups excluding carboxylic acids is 1. The van der Waals surface area contributed by atoms with Crippen molar-refractivity contribution >= 4 is 11.6 Å². The molecule has 0 heterocycles. The number of rotatable bonds is 6. The van der Waals surface area contributed by atoms with E-state index in [-0.39, 0.29) is 18.1 Å². The fourth-order valence-electron chi connectivity index (χ4n) is 1.75. The summed E-state index contributed by atoms with van der Waals surface area (Å²) in [5.74, 6) is -0.340. The predicted molar refractivity (Wildman–Crippen MR) is 71.1 cm³/mol. The summed E-state index contributed by atoms with van der Waals surface area (Å²) >= 11 is 0. The average molecular weight is 266 g/mol. The fourth-order valence-corrected chi connectivity index (χ4v) is 1.75. The molecule has 19 heavy (non-hydrogen) atoms. The van der Waals surface area contributed by atoms with Crippen LogP contribution in [0.15, 0.2) is 18.2 Å². The van der Waals surface area contributed by atoms with Crippen LogP contribution in [0.3, 0.4) is 0 Å². The van der Waals surface area contributed by atoms with E-state index in [4.69, 9.17) is 0 Å². The van der Waals surface area contributed by atoms with Crippen molar-refractivity contribution in [2.45, 2.75) is 32.8 Å². The standard InChI is InChI=1S/C13H18N2O4/c1-3-4-11(16)8-14-13(17)10-5-6-12(15(18)19)9(2)7-10/h5-7,11,16H,3-4,8H2,1-2H3,(H,14,17). The molecule has 0 saturated carbocycles. The number of carbonyl (C=O) groups is 1. The Morgan fingerprint density at radius 1 is 1.53 bits per heavy atom. The second kappa shape index (κ2) is 6.84. The van der Waals surface area contributed by atoms with Gasteiger partial charge in [0.2, 0.25) is 0 Å². The highest BCUT2D eigenvalue weighted by Gasteiger charge is 2.14. The van der Waals surface area contributed by atoms with Gasteiger partial charge in [-0.2, -0.15) is 0 Å². The Bertz CT molecular complexity index is 474. The molecule has 0 bridgehead atoms. The van der Waals surface area contributed by atoms with Crippen LogP contribution >= 0.6 is 0 Å². The molecule has 0 spiro atoms. The molecule has 1 rings (SSSR count). The zero-order chi connectivity index (χ0) is 14.4. The van der Waals surface area contributed by atoms with Gasteiger partial charge in [-0.1, -0.05) is 13.3 Å². The van der Waals surface area contributed by atoms with Crippen LogP contribution in [0.5, 0.6) is 0 Å². The number of nitro benzene ring substituents is 1. The Balaban J connectivity index is 2.68. The van der Waals surface area contributed by atoms with Crippen molar-refractivity contribution in [1.29, 1.82) is 0 Å². The first-order valence-electron chi connectivity index (χ1n) is 6.17. The Morgan fingerprint density at radius 3 is 2.74 bits per heavy atom. The monoisotopic (exact) mass is 266 g/mol. The van der Waals surface area contributed by atoms with Gasteiger partial charge in [-0.3, -0.25) is 14.9 Å². The van der Waals surface area contributed by atoms with Crippen molar-refractivity contribution in [2.24, 2.45) is 0 Å². The zero-order valence-electron chi connectivity index (χ0n) is 11.0. The van der Waals surface area contributed by atoms with E-state index >= 15 is 0 Å². The van der Waals surface area contributed by atoms with Crippen LogP contribution in [0.25, 0.3) is 0 Å². The van der Waals surface area contributed by atoms with Crippen LogP contribution in [0.1, 0.15) is 35.7 Å². The normalized spacial score (nSPS) is 11.9. The molecule has 0 fully saturated rings. The Morgan fingerprint density at radius 2 is 2.21 bits per heavy atom. The Kier molecular flexibility index (Phi) is 5.44. The summed E-state index contributed by atoms with van der Waals surface area (Å²) in [5, 5.41) is 22.8. The lowest BCUT2D eigenvalue weighted by Crippen LogP contribution is -2.32. The van der Waals surface area contributed by atoms with E-state index in [1.807, 2.05) is 6.92 Å². The molecule has 104 valence electrons. The van der Waals surface area contributed by atoms with Gasteiger partial charge in [0.25, 0.3) is 11.6 Å². The van der Waals surface area contributed by atoms with Crippen molar-refractivity contribution < 1.29 is 14.8 Å². The van der Waals surface area contributed by atoms with E-state index in [1.54, 1.807) is 6.92 Å². The molecule has 6 heteroatoms. The largest absolute Gasteiger partial charge is 0.391 e. The van der Waals surface area contributed by atoms with Crippen LogP contribution in [0.4, 0.5) is 5.69 Å². The first kappa shape index (κ1) is 15.1. The minimum atomic E-state index is -0.562. The number of nitrogens with one attached hydrogen (secondary N) is 1. The maximum atomic E-state index is 11.8. The molecule has 1 amide bonds. The highest BCUT2D eigenvalue weighted by molar-refractivity contribution is 5.94. The lowest BCUT2D eigenvalue weighted by molar-refractivity contribution is -0.385. The summed E-state index contributed by atoms with van der Waals surface area (Å²) in [6, 6.07) is 4.19. The minimum absolute atomic E-state index is 0.0115. The van der Waals surface area contributed by atoms with Crippen LogP contribution < -0.4 is 5.32 Å². The van der Waals surface area contributed by atoms with E-state index in [0.717, 1.165) is 6.42 Å². The number of aliphatic hydroxyl groups is 1. The van der Waals surface area contributed by atoms with Gasteiger partial charge in [0, 0.05) is 23.7 Å². The number of hydrogen-bond acceptors (Lipinski definition) is 4. The molecular weight excluding hydrogens is 248 g/mol. The van der Waals surface area contributed by atoms with E-state index in [9.17, 15) is 20.0 Å². The van der Waals surface area contributed by atoms with Gasteiger partial charge in [-0.15, -0.1) is 0 Å². The number of amides is 1. The quantitative estimate of drug-likeness (QED) is 0.606. The number of aryl methyl sites for hydroxylation is 1. The van der Waals surface area contributed by atoms with Crippen molar-refractivity contribution in [3.63, 3.8) is 0 Å². The number of aliphatic hydroxyl groups excluding tert-OH is 1. The smallest absolute Gasteiger partial charge is 0.272 e. The van der Waals surface area contributed by atoms with Gasteiger partial charge in [0.15, 0.2) is 0 Å². The highest BCUT2D eigenvalue weighted by Crippen LogP contribution is 2.18. The van der Waals surface area contributed by atoms with Crippen LogP contribution in [0, 0.1) is 17.0 Å². The maximum absolute atomic E-state index is 11.8. The van der Waals surface area contributed by atoms with Crippen molar-refractivity contribution in [2.75, 3.05) is 6.54 Å². The molecule has 6 nitrogen and oxygen atoms in total. The first-order valence-corrected chi connectivity index (χ1v) is 6.17. The summed E-state index contributed by atoms with van der Waals surface area (Å²) in [5.41, 5.74) is 0.779. The van der Waals surface area contributed by atoms with Crippen LogP contribution in [-0.4, -0.2) is 28.6 Å². The molecule has 1 atom stereocenters. The molecule has 0 aliphatic carbocycles. The summed E-state index contributed by atoms with van der Waals surface area (Å²) in [4.78, 5) is 22.0. The van der Waals surface area contributed by atoms with E-state index in [2.05, 4.69) is 5.32 Å². The third kappa shape index (κ3) is 4.33. The van der Waals surface area contributed by atoms with Crippen molar-refractivity contribution in [3.8, 4) is 0 Å². The Labute approximate surface area is 111 Å². The zero-order valence-corrected chi connectivity index (χ0v) is 11.0. The third-order valence-electron chi connectivity index (χ3n) is 2.78. The molecule has 0 radical (unpaired) electrons. The fraction of sp³-hybridized carbons (Fsp3) is 0.462. The summed E-state index contributed by atoms with van der Waals surface area (Å²) in [6.07, 6.45) is 0.904. The van der Waals surface area contributed by atoms with E-state index < -0.39 is 11.0 Å². The number of nitro groups is 1. The van der Waals surface area contributed by atoms with Gasteiger partial charge in [0.05, 0.1) is 11.0 Å². The number of nitrogens with zero attached hydrogens (tertiary/aromatic N) is 1. The lowest BCUT2D eigenvalue weighted by atomic mass is 10.1. The number of benzene rings is 1. The number of hydrogen-bond donors (Lipinski definition) is 2. The van der Waals surface area contributed by atoms with E-state index in [0.29, 0.717) is 17.5 Å². The molecule has 0 saturated heterocycles. The van der Waals surface area contributed by atoms with Gasteiger partial charge in [-0.05, 0) is 25.5 Å². The van der Waals surface area contributed by atoms with Crippen molar-refractivity contribution in [3.05, 3.63) is 39.4 Å². The SMILES string of the molecule is CCCC(O)CNC(=O)c1ccc([N+](=O)[O-])c(C)c1. The second-order valence-electron chi connectivity index (χ2n) is 4.41. The molecule has 0 aromatic heterocycles.